The Morgan fingerprint density at radius 2 is 1.95 bits per heavy atom. The lowest BCUT2D eigenvalue weighted by Gasteiger charge is -2.01. The second kappa shape index (κ2) is 6.35. The van der Waals surface area contributed by atoms with E-state index in [0.717, 1.165) is 5.56 Å². The van der Waals surface area contributed by atoms with Crippen LogP contribution in [0, 0.1) is 0 Å². The summed E-state index contributed by atoms with van der Waals surface area (Å²) in [5.41, 5.74) is 1.17. The average molecular weight is 352 g/mol. The Morgan fingerprint density at radius 1 is 1.18 bits per heavy atom. The van der Waals surface area contributed by atoms with E-state index >= 15 is 0 Å². The molecule has 1 N–H and O–H groups in total. The van der Waals surface area contributed by atoms with Crippen LogP contribution in [0.5, 0.6) is 0 Å². The van der Waals surface area contributed by atoms with E-state index < -0.39 is 0 Å². The number of halogens is 2. The molecule has 9 heteroatoms. The maximum absolute atomic E-state index is 12.1. The van der Waals surface area contributed by atoms with E-state index in [4.69, 9.17) is 23.2 Å². The number of aromatic nitrogens is 4. The van der Waals surface area contributed by atoms with Gasteiger partial charge >= 0.3 is 0 Å². The third kappa shape index (κ3) is 3.22. The van der Waals surface area contributed by atoms with Gasteiger partial charge in [0, 0.05) is 24.2 Å². The summed E-state index contributed by atoms with van der Waals surface area (Å²) in [5, 5.41) is 12.0. The zero-order valence-corrected chi connectivity index (χ0v) is 13.2. The van der Waals surface area contributed by atoms with E-state index in [-0.39, 0.29) is 21.6 Å². The lowest BCUT2D eigenvalue weighted by atomic mass is 10.3. The Kier molecular flexibility index (Phi) is 4.28. The second-order valence-corrected chi connectivity index (χ2v) is 5.84. The van der Waals surface area contributed by atoms with E-state index in [0.29, 0.717) is 10.1 Å². The molecule has 0 spiro atoms. The van der Waals surface area contributed by atoms with Crippen molar-refractivity contribution >= 4 is 45.6 Å². The maximum Gasteiger partial charge on any atom is 0.259 e. The summed E-state index contributed by atoms with van der Waals surface area (Å²) in [6, 6.07) is 5.07. The highest BCUT2D eigenvalue weighted by atomic mass is 35.5. The van der Waals surface area contributed by atoms with Gasteiger partial charge in [-0.2, -0.15) is 0 Å². The van der Waals surface area contributed by atoms with Gasteiger partial charge in [-0.15, -0.1) is 10.2 Å². The predicted octanol–water partition coefficient (Wildman–Crippen LogP) is 3.55. The van der Waals surface area contributed by atoms with Gasteiger partial charge < -0.3 is 0 Å². The molecule has 1 amide bonds. The molecular weight excluding hydrogens is 345 g/mol. The minimum Gasteiger partial charge on any atom is -0.296 e. The number of anilines is 1. The van der Waals surface area contributed by atoms with Crippen LogP contribution < -0.4 is 5.32 Å². The molecule has 0 saturated carbocycles. The molecule has 0 fully saturated rings. The number of nitrogens with one attached hydrogen (secondary N) is 1. The fraction of sp³-hybridized carbons (Fsp3) is 0. The fourth-order valence-electron chi connectivity index (χ4n) is 1.60. The molecule has 0 aliphatic carbocycles. The van der Waals surface area contributed by atoms with Crippen LogP contribution in [0.15, 0.2) is 36.8 Å². The van der Waals surface area contributed by atoms with Crippen molar-refractivity contribution in [2.45, 2.75) is 0 Å². The van der Waals surface area contributed by atoms with Crippen molar-refractivity contribution in [3.05, 3.63) is 52.5 Å². The van der Waals surface area contributed by atoms with Gasteiger partial charge in [-0.05, 0) is 18.2 Å². The minimum absolute atomic E-state index is 0.147. The van der Waals surface area contributed by atoms with Crippen LogP contribution in [0.3, 0.4) is 0 Å². The molecule has 3 rings (SSSR count). The smallest absolute Gasteiger partial charge is 0.259 e. The van der Waals surface area contributed by atoms with Crippen molar-refractivity contribution in [3.63, 3.8) is 0 Å². The Hall–Kier alpha value is -2.09. The highest BCUT2D eigenvalue weighted by Gasteiger charge is 2.13. The SMILES string of the molecule is O=C(Nc1nnc(-c2ccncc2)s1)c1cnc(Cl)c(Cl)c1. The van der Waals surface area contributed by atoms with E-state index in [1.807, 2.05) is 12.1 Å². The molecular formula is C13H7Cl2N5OS. The molecule has 0 unspecified atom stereocenters. The molecule has 6 nitrogen and oxygen atoms in total. The third-order valence-corrected chi connectivity index (χ3v) is 4.21. The number of hydrogen-bond donors (Lipinski definition) is 1. The monoisotopic (exact) mass is 351 g/mol. The highest BCUT2D eigenvalue weighted by molar-refractivity contribution is 7.18. The van der Waals surface area contributed by atoms with E-state index in [1.54, 1.807) is 12.4 Å². The normalized spacial score (nSPS) is 10.5. The van der Waals surface area contributed by atoms with Crippen LogP contribution >= 0.6 is 34.5 Å². The number of hydrogen-bond acceptors (Lipinski definition) is 6. The third-order valence-electron chi connectivity index (χ3n) is 2.63. The van der Waals surface area contributed by atoms with Crippen LogP contribution in [0.25, 0.3) is 10.6 Å². The summed E-state index contributed by atoms with van der Waals surface area (Å²) < 4.78 is 0. The lowest BCUT2D eigenvalue weighted by Crippen LogP contribution is -2.12. The van der Waals surface area contributed by atoms with Crippen molar-refractivity contribution in [1.29, 1.82) is 0 Å². The summed E-state index contributed by atoms with van der Waals surface area (Å²) in [4.78, 5) is 19.9. The fourth-order valence-corrected chi connectivity index (χ4v) is 2.61. The molecule has 0 aromatic carbocycles. The molecule has 110 valence electrons. The summed E-state index contributed by atoms with van der Waals surface area (Å²) in [6.07, 6.45) is 4.67. The van der Waals surface area contributed by atoms with Crippen molar-refractivity contribution < 1.29 is 4.79 Å². The van der Waals surface area contributed by atoms with E-state index in [1.165, 1.54) is 23.6 Å². The van der Waals surface area contributed by atoms with Gasteiger partial charge in [0.05, 0.1) is 10.6 Å². The molecule has 3 heterocycles. The number of carbonyl (C=O) groups excluding carboxylic acids is 1. The van der Waals surface area contributed by atoms with Crippen LogP contribution in [0.1, 0.15) is 10.4 Å². The Labute approximate surface area is 139 Å². The number of rotatable bonds is 3. The molecule has 0 aliphatic rings. The Balaban J connectivity index is 1.77. The molecule has 0 aliphatic heterocycles. The van der Waals surface area contributed by atoms with Crippen molar-refractivity contribution in [1.82, 2.24) is 20.2 Å². The van der Waals surface area contributed by atoms with Gasteiger partial charge in [0.25, 0.3) is 5.91 Å². The quantitative estimate of drug-likeness (QED) is 0.729. The van der Waals surface area contributed by atoms with E-state index in [9.17, 15) is 4.79 Å². The first kappa shape index (κ1) is 14.8. The maximum atomic E-state index is 12.1. The average Bonchev–Trinajstić information content (AvgIpc) is 2.99. The topological polar surface area (TPSA) is 80.7 Å². The summed E-state index contributed by atoms with van der Waals surface area (Å²) in [7, 11) is 0. The zero-order valence-electron chi connectivity index (χ0n) is 10.8. The second-order valence-electron chi connectivity index (χ2n) is 4.10. The van der Waals surface area contributed by atoms with Crippen molar-refractivity contribution in [2.24, 2.45) is 0 Å². The lowest BCUT2D eigenvalue weighted by molar-refractivity contribution is 0.102. The summed E-state index contributed by atoms with van der Waals surface area (Å²) in [5.74, 6) is -0.386. The molecule has 22 heavy (non-hydrogen) atoms. The summed E-state index contributed by atoms with van der Waals surface area (Å²) in [6.45, 7) is 0. The Morgan fingerprint density at radius 3 is 2.68 bits per heavy atom. The molecule has 3 aromatic rings. The first-order chi connectivity index (χ1) is 10.6. The van der Waals surface area contributed by atoms with Crippen molar-refractivity contribution in [3.8, 4) is 10.6 Å². The molecule has 0 bridgehead atoms. The van der Waals surface area contributed by atoms with E-state index in [2.05, 4.69) is 25.5 Å². The van der Waals surface area contributed by atoms with Crippen LogP contribution in [0.2, 0.25) is 10.2 Å². The molecule has 3 aromatic heterocycles. The first-order valence-electron chi connectivity index (χ1n) is 6.00. The van der Waals surface area contributed by atoms with Crippen LogP contribution in [-0.2, 0) is 0 Å². The minimum atomic E-state index is -0.386. The first-order valence-corrected chi connectivity index (χ1v) is 7.57. The number of amides is 1. The van der Waals surface area contributed by atoms with Gasteiger partial charge in [-0.3, -0.25) is 15.1 Å². The van der Waals surface area contributed by atoms with Crippen LogP contribution in [0.4, 0.5) is 5.13 Å². The van der Waals surface area contributed by atoms with Crippen molar-refractivity contribution in [2.75, 3.05) is 5.32 Å². The van der Waals surface area contributed by atoms with Crippen LogP contribution in [-0.4, -0.2) is 26.1 Å². The summed E-state index contributed by atoms with van der Waals surface area (Å²) >= 11 is 12.8. The molecule has 0 atom stereocenters. The molecule has 0 radical (unpaired) electrons. The number of nitrogens with zero attached hydrogens (tertiary/aromatic N) is 4. The van der Waals surface area contributed by atoms with Gasteiger partial charge in [-0.25, -0.2) is 4.98 Å². The van der Waals surface area contributed by atoms with Gasteiger partial charge in [-0.1, -0.05) is 34.5 Å². The van der Waals surface area contributed by atoms with Gasteiger partial charge in [0.15, 0.2) is 0 Å². The largest absolute Gasteiger partial charge is 0.296 e. The molecule has 0 saturated heterocycles. The highest BCUT2D eigenvalue weighted by Crippen LogP contribution is 2.26. The standard InChI is InChI=1S/C13H7Cl2N5OS/c14-9-5-8(6-17-10(9)15)11(21)18-13-20-19-12(22-13)7-1-3-16-4-2-7/h1-6H,(H,18,20,21). The number of pyridine rings is 2. The zero-order chi connectivity index (χ0) is 15.5. The van der Waals surface area contributed by atoms with Gasteiger partial charge in [0.1, 0.15) is 10.2 Å². The van der Waals surface area contributed by atoms with Gasteiger partial charge in [0.2, 0.25) is 5.13 Å². The number of carbonyl (C=O) groups is 1. The predicted molar refractivity (Wildman–Crippen MR) is 85.4 cm³/mol. The Bertz CT molecular complexity index is 824.